The molecule has 0 radical (unpaired) electrons. The molecule has 31 heavy (non-hydrogen) atoms. The van der Waals surface area contributed by atoms with E-state index in [-0.39, 0.29) is 12.9 Å². The quantitative estimate of drug-likeness (QED) is 0.496. The maximum atomic E-state index is 6.04. The number of methoxy groups -OCH3 is 1. The minimum absolute atomic E-state index is 0.0852. The van der Waals surface area contributed by atoms with E-state index < -0.39 is 0 Å². The van der Waals surface area contributed by atoms with Gasteiger partial charge in [-0.05, 0) is 42.0 Å². The van der Waals surface area contributed by atoms with E-state index in [2.05, 4.69) is 15.2 Å². The van der Waals surface area contributed by atoms with Crippen LogP contribution in [0.1, 0.15) is 17.4 Å². The summed E-state index contributed by atoms with van der Waals surface area (Å²) >= 11 is 0. The van der Waals surface area contributed by atoms with Crippen molar-refractivity contribution < 1.29 is 23.5 Å². The zero-order chi connectivity index (χ0) is 20.8. The van der Waals surface area contributed by atoms with Gasteiger partial charge in [-0.3, -0.25) is 4.68 Å². The van der Waals surface area contributed by atoms with Crippen molar-refractivity contribution in [2.45, 2.75) is 19.3 Å². The highest BCUT2D eigenvalue weighted by Gasteiger charge is 2.25. The van der Waals surface area contributed by atoms with Crippen molar-refractivity contribution in [2.24, 2.45) is 0 Å². The smallest absolute Gasteiger partial charge is 0.278 e. The van der Waals surface area contributed by atoms with Gasteiger partial charge in [0.2, 0.25) is 12.6 Å². The van der Waals surface area contributed by atoms with Crippen LogP contribution in [0.5, 0.6) is 17.2 Å². The lowest BCUT2D eigenvalue weighted by Crippen LogP contribution is -2.21. The Morgan fingerprint density at radius 2 is 1.90 bits per heavy atom. The number of hydrogen-bond donors (Lipinski definition) is 0. The SMILES string of the molecule is COc1ccc([C@H]2Cn3nc(-c4nc(-c5ccc6c(c5)OCO6)no4)cc3CO2)cc1. The first kappa shape index (κ1) is 18.0. The predicted molar refractivity (Wildman–Crippen MR) is 108 cm³/mol. The molecule has 0 bridgehead atoms. The highest BCUT2D eigenvalue weighted by atomic mass is 16.7. The van der Waals surface area contributed by atoms with Gasteiger partial charge in [0.25, 0.3) is 5.89 Å². The third-order valence-electron chi connectivity index (χ3n) is 5.40. The number of rotatable bonds is 4. The molecule has 4 aromatic rings. The van der Waals surface area contributed by atoms with Gasteiger partial charge in [-0.1, -0.05) is 17.3 Å². The second-order valence-electron chi connectivity index (χ2n) is 7.27. The Balaban J connectivity index is 1.24. The number of hydrogen-bond acceptors (Lipinski definition) is 8. The van der Waals surface area contributed by atoms with E-state index in [1.54, 1.807) is 7.11 Å². The first-order valence-electron chi connectivity index (χ1n) is 9.83. The summed E-state index contributed by atoms with van der Waals surface area (Å²) in [6.45, 7) is 1.27. The van der Waals surface area contributed by atoms with E-state index in [0.29, 0.717) is 42.1 Å². The molecule has 2 aromatic carbocycles. The molecule has 9 nitrogen and oxygen atoms in total. The van der Waals surface area contributed by atoms with Crippen LogP contribution in [-0.4, -0.2) is 33.8 Å². The number of nitrogens with zero attached hydrogens (tertiary/aromatic N) is 4. The first-order chi connectivity index (χ1) is 15.3. The lowest BCUT2D eigenvalue weighted by atomic mass is 10.1. The van der Waals surface area contributed by atoms with Crippen LogP contribution in [-0.2, 0) is 17.9 Å². The molecule has 6 rings (SSSR count). The fourth-order valence-corrected chi connectivity index (χ4v) is 3.73. The van der Waals surface area contributed by atoms with E-state index in [9.17, 15) is 0 Å². The summed E-state index contributed by atoms with van der Waals surface area (Å²) in [5.74, 6) is 3.02. The maximum Gasteiger partial charge on any atom is 0.278 e. The number of fused-ring (bicyclic) bond motifs is 2. The summed E-state index contributed by atoms with van der Waals surface area (Å²) in [4.78, 5) is 4.51. The number of benzene rings is 2. The molecule has 0 N–H and O–H groups in total. The monoisotopic (exact) mass is 418 g/mol. The molecular weight excluding hydrogens is 400 g/mol. The summed E-state index contributed by atoms with van der Waals surface area (Å²) in [5.41, 5.74) is 3.44. The van der Waals surface area contributed by atoms with Crippen LogP contribution >= 0.6 is 0 Å². The summed E-state index contributed by atoms with van der Waals surface area (Å²) < 4.78 is 29.4. The van der Waals surface area contributed by atoms with E-state index in [0.717, 1.165) is 22.6 Å². The topological polar surface area (TPSA) is 93.7 Å². The van der Waals surface area contributed by atoms with Crippen molar-refractivity contribution in [1.29, 1.82) is 0 Å². The number of aromatic nitrogens is 4. The molecule has 1 atom stereocenters. The molecule has 0 saturated carbocycles. The van der Waals surface area contributed by atoms with Gasteiger partial charge in [-0.2, -0.15) is 10.1 Å². The van der Waals surface area contributed by atoms with Crippen molar-refractivity contribution in [1.82, 2.24) is 19.9 Å². The largest absolute Gasteiger partial charge is 0.497 e. The molecule has 0 fully saturated rings. The molecule has 0 amide bonds. The number of ether oxygens (including phenoxy) is 4. The van der Waals surface area contributed by atoms with Gasteiger partial charge >= 0.3 is 0 Å². The standard InChI is InChI=1S/C22H18N4O5/c1-27-16-5-2-13(3-6-16)20-10-26-15(11-28-20)9-17(24-26)22-23-21(25-31-22)14-4-7-18-19(8-14)30-12-29-18/h2-9,20H,10-12H2,1H3/t20-/m1/s1. The molecule has 156 valence electrons. The summed E-state index contributed by atoms with van der Waals surface area (Å²) in [7, 11) is 1.65. The zero-order valence-electron chi connectivity index (χ0n) is 16.6. The molecular formula is C22H18N4O5. The molecule has 0 spiro atoms. The highest BCUT2D eigenvalue weighted by Crippen LogP contribution is 2.36. The van der Waals surface area contributed by atoms with Gasteiger partial charge in [0, 0.05) is 5.56 Å². The Bertz CT molecular complexity index is 1250. The lowest BCUT2D eigenvalue weighted by Gasteiger charge is -2.24. The predicted octanol–water partition coefficient (Wildman–Crippen LogP) is 3.61. The van der Waals surface area contributed by atoms with Gasteiger partial charge < -0.3 is 23.5 Å². The van der Waals surface area contributed by atoms with Crippen molar-refractivity contribution in [3.63, 3.8) is 0 Å². The van der Waals surface area contributed by atoms with Gasteiger partial charge in [0.15, 0.2) is 17.2 Å². The van der Waals surface area contributed by atoms with Crippen LogP contribution in [0.25, 0.3) is 23.0 Å². The van der Waals surface area contributed by atoms with Crippen LogP contribution in [0.3, 0.4) is 0 Å². The van der Waals surface area contributed by atoms with Crippen LogP contribution in [0.15, 0.2) is 53.1 Å². The Morgan fingerprint density at radius 3 is 2.77 bits per heavy atom. The third-order valence-corrected chi connectivity index (χ3v) is 5.40. The lowest BCUT2D eigenvalue weighted by molar-refractivity contribution is -0.00115. The minimum Gasteiger partial charge on any atom is -0.497 e. The molecule has 0 saturated heterocycles. The van der Waals surface area contributed by atoms with Crippen LogP contribution in [0.2, 0.25) is 0 Å². The van der Waals surface area contributed by atoms with E-state index in [1.807, 2.05) is 53.2 Å². The van der Waals surface area contributed by atoms with Crippen molar-refractivity contribution in [3.05, 3.63) is 59.8 Å². The molecule has 2 aliphatic heterocycles. The minimum atomic E-state index is -0.0852. The van der Waals surface area contributed by atoms with Crippen molar-refractivity contribution in [2.75, 3.05) is 13.9 Å². The van der Waals surface area contributed by atoms with E-state index in [4.69, 9.17) is 23.5 Å². The van der Waals surface area contributed by atoms with Gasteiger partial charge in [0.05, 0.1) is 26.0 Å². The molecule has 2 aliphatic rings. The van der Waals surface area contributed by atoms with Gasteiger partial charge in [0.1, 0.15) is 11.9 Å². The Hall–Kier alpha value is -3.85. The molecule has 2 aromatic heterocycles. The van der Waals surface area contributed by atoms with Crippen LogP contribution < -0.4 is 14.2 Å². The van der Waals surface area contributed by atoms with E-state index >= 15 is 0 Å². The van der Waals surface area contributed by atoms with Gasteiger partial charge in [-0.25, -0.2) is 0 Å². The van der Waals surface area contributed by atoms with Crippen molar-refractivity contribution in [3.8, 4) is 40.2 Å². The first-order valence-corrected chi connectivity index (χ1v) is 9.83. The van der Waals surface area contributed by atoms with Crippen LogP contribution in [0, 0.1) is 0 Å². The average molecular weight is 418 g/mol. The van der Waals surface area contributed by atoms with Crippen molar-refractivity contribution >= 4 is 0 Å². The molecule has 4 heterocycles. The second-order valence-corrected chi connectivity index (χ2v) is 7.27. The second kappa shape index (κ2) is 7.13. The average Bonchev–Trinajstić information content (AvgIpc) is 3.57. The van der Waals surface area contributed by atoms with Crippen LogP contribution in [0.4, 0.5) is 0 Å². The van der Waals surface area contributed by atoms with Gasteiger partial charge in [-0.15, -0.1) is 0 Å². The Morgan fingerprint density at radius 1 is 1.03 bits per heavy atom. The highest BCUT2D eigenvalue weighted by molar-refractivity contribution is 5.63. The zero-order valence-corrected chi connectivity index (χ0v) is 16.6. The maximum absolute atomic E-state index is 6.04. The molecule has 9 heteroatoms. The summed E-state index contributed by atoms with van der Waals surface area (Å²) in [6.07, 6.45) is -0.0852. The van der Waals surface area contributed by atoms with E-state index in [1.165, 1.54) is 0 Å². The summed E-state index contributed by atoms with van der Waals surface area (Å²) in [6, 6.07) is 15.3. The normalized spacial score (nSPS) is 16.9. The summed E-state index contributed by atoms with van der Waals surface area (Å²) in [5, 5.41) is 8.76. The Labute approximate surface area is 177 Å². The molecule has 0 unspecified atom stereocenters. The Kier molecular flexibility index (Phi) is 4.13. The molecule has 0 aliphatic carbocycles. The third kappa shape index (κ3) is 3.19. The fraction of sp³-hybridized carbons (Fsp3) is 0.227. The fourth-order valence-electron chi connectivity index (χ4n) is 3.73.